The first kappa shape index (κ1) is 44.2. The van der Waals surface area contributed by atoms with Gasteiger partial charge in [-0.25, -0.2) is 0 Å². The minimum Gasteiger partial charge on any atom is 4.00 e. The molecule has 0 aliphatic rings. The van der Waals surface area contributed by atoms with E-state index in [0.29, 0.717) is 0 Å². The Labute approximate surface area is 203 Å². The first-order chi connectivity index (χ1) is 6.93. The molecule has 0 saturated heterocycles. The van der Waals surface area contributed by atoms with Crippen LogP contribution in [-0.2, 0) is 0 Å². The van der Waals surface area contributed by atoms with Crippen LogP contribution in [0, 0.1) is 0 Å². The summed E-state index contributed by atoms with van der Waals surface area (Å²) in [5.41, 5.74) is 0. The van der Waals surface area contributed by atoms with Crippen LogP contribution in [0.3, 0.4) is 0 Å². The second-order valence-electron chi connectivity index (χ2n) is 0.894. The maximum absolute atomic E-state index is 8.60. The standard InChI is InChI=1S/12O.3Pb.4Sb/q12*-1;3*+4;;;;. The average Bonchev–Trinajstić information content (AvgIpc) is 1.76. The molecule has 0 aliphatic carbocycles. The summed E-state index contributed by atoms with van der Waals surface area (Å²) in [5.74, 6) is 0. The van der Waals surface area contributed by atoms with E-state index < -0.39 is 85.9 Å². The van der Waals surface area contributed by atoms with Crippen molar-refractivity contribution in [2.75, 3.05) is 0 Å². The quantitative estimate of drug-likeness (QED) is 0.205. The Morgan fingerprint density at radius 3 is 0.263 bits per heavy atom. The Kier molecular flexibility index (Phi) is 90.5. The monoisotopic (exact) mass is 1300 g/mol. The molecule has 19 heavy (non-hydrogen) atoms. The van der Waals surface area contributed by atoms with Gasteiger partial charge >= 0.3 is 208 Å². The first-order valence-corrected chi connectivity index (χ1v) is 14.7. The van der Waals surface area contributed by atoms with Gasteiger partial charge in [-0.1, -0.05) is 0 Å². The molecule has 0 bridgehead atoms. The normalized spacial score (nSPS) is 7.58. The van der Waals surface area contributed by atoms with Crippen LogP contribution in [0.4, 0.5) is 0 Å². The van der Waals surface area contributed by atoms with Gasteiger partial charge in [-0.2, -0.15) is 0 Å². The Bertz CT molecular complexity index is 68.0. The third kappa shape index (κ3) is 354. The van der Waals surface area contributed by atoms with E-state index in [2.05, 4.69) is 0 Å². The van der Waals surface area contributed by atoms with Crippen molar-refractivity contribution in [1.29, 1.82) is 0 Å². The third-order valence-electron chi connectivity index (χ3n) is 0. The van der Waals surface area contributed by atoms with E-state index in [0.717, 1.165) is 0 Å². The molecule has 0 aromatic heterocycles. The largest absolute Gasteiger partial charge is 4.00 e. The van der Waals surface area contributed by atoms with E-state index in [-0.39, 0.29) is 81.9 Å². The van der Waals surface area contributed by atoms with Gasteiger partial charge in [-0.05, 0) is 0 Å². The van der Waals surface area contributed by atoms with Crippen molar-refractivity contribution in [3.63, 3.8) is 0 Å². The fourth-order valence-electron chi connectivity index (χ4n) is 0. The molecule has 0 heterocycles. The van der Waals surface area contributed by atoms with Crippen molar-refractivity contribution < 1.29 is 40.6 Å². The molecule has 0 amide bonds. The van der Waals surface area contributed by atoms with Crippen LogP contribution in [0.1, 0.15) is 0 Å². The minimum absolute atomic E-state index is 0. The van der Waals surface area contributed by atoms with Gasteiger partial charge < -0.3 is 0 Å². The molecule has 0 unspecified atom stereocenters. The van der Waals surface area contributed by atoms with Gasteiger partial charge in [0.05, 0.1) is 0 Å². The van der Waals surface area contributed by atoms with Crippen LogP contribution >= 0.6 is 0 Å². The molecule has 0 aromatic rings. The van der Waals surface area contributed by atoms with Crippen molar-refractivity contribution >= 4 is 168 Å². The van der Waals surface area contributed by atoms with Crippen LogP contribution in [0.2, 0.25) is 0 Å². The van der Waals surface area contributed by atoms with Crippen molar-refractivity contribution in [3.8, 4) is 0 Å². The van der Waals surface area contributed by atoms with Gasteiger partial charge in [0.1, 0.15) is 0 Å². The molecule has 0 radical (unpaired) electrons. The van der Waals surface area contributed by atoms with Crippen molar-refractivity contribution in [1.82, 2.24) is 0 Å². The molecule has 104 valence electrons. The summed E-state index contributed by atoms with van der Waals surface area (Å²) in [5, 5.41) is 0. The van der Waals surface area contributed by atoms with Gasteiger partial charge in [0.2, 0.25) is 0 Å². The van der Waals surface area contributed by atoms with Crippen LogP contribution in [0.5, 0.6) is 0 Å². The van der Waals surface area contributed by atoms with E-state index in [1.165, 1.54) is 0 Å². The number of hydrogen-bond acceptors (Lipinski definition) is 12. The Hall–Kier alpha value is 5.56. The Morgan fingerprint density at radius 1 is 0.263 bits per heavy atom. The molecule has 19 heteroatoms. The van der Waals surface area contributed by atoms with Crippen molar-refractivity contribution in [2.45, 2.75) is 0 Å². The molecule has 0 N–H and O–H groups in total. The third-order valence-corrected chi connectivity index (χ3v) is 0. The fourth-order valence-corrected chi connectivity index (χ4v) is 0. The summed E-state index contributed by atoms with van der Waals surface area (Å²) >= 11 is -16.8. The molecule has 0 spiro atoms. The zero-order chi connectivity index (χ0) is 14.3. The Balaban J connectivity index is -0.0000000192. The van der Waals surface area contributed by atoms with Gasteiger partial charge in [-0.15, -0.1) is 0 Å². The van der Waals surface area contributed by atoms with Crippen molar-refractivity contribution in [2.24, 2.45) is 0 Å². The summed E-state index contributed by atoms with van der Waals surface area (Å²) in [4.78, 5) is 0. The van der Waals surface area contributed by atoms with Crippen LogP contribution < -0.4 is 40.6 Å². The van der Waals surface area contributed by atoms with Crippen molar-refractivity contribution in [3.05, 3.63) is 0 Å². The van der Waals surface area contributed by atoms with E-state index >= 15 is 0 Å². The average molecular weight is 1300 g/mol. The van der Waals surface area contributed by atoms with Gasteiger partial charge in [0, 0.05) is 0 Å². The molecule has 0 aromatic carbocycles. The molecule has 0 aliphatic heterocycles. The van der Waals surface area contributed by atoms with Crippen LogP contribution in [0.25, 0.3) is 0 Å². The maximum Gasteiger partial charge on any atom is 4.00 e. The smallest absolute Gasteiger partial charge is 4.00 e. The van der Waals surface area contributed by atoms with E-state index in [1.807, 2.05) is 0 Å². The van der Waals surface area contributed by atoms with Crippen LogP contribution in [-0.4, -0.2) is 168 Å². The SMILES string of the molecule is [O-][Sb]([O-])[O-].[O-][Sb]([O-])[O-].[O-][Sb]([O-])[O-].[O-][Sb]([O-])[O-].[Pb+4].[Pb+4].[Pb+4]. The van der Waals surface area contributed by atoms with Gasteiger partial charge in [0.25, 0.3) is 0 Å². The second kappa shape index (κ2) is 38.9. The zero-order valence-electron chi connectivity index (χ0n) is 8.19. The van der Waals surface area contributed by atoms with E-state index in [9.17, 15) is 0 Å². The number of rotatable bonds is 0. The molecular formula is O12Pb3Sb4. The summed E-state index contributed by atoms with van der Waals surface area (Å²) in [6.45, 7) is 0. The molecule has 0 atom stereocenters. The molecule has 0 rings (SSSR count). The summed E-state index contributed by atoms with van der Waals surface area (Å²) in [6.07, 6.45) is 0. The fraction of sp³-hybridized carbons (Fsp3) is 0. The molecule has 0 saturated carbocycles. The molecule has 0 fully saturated rings. The Morgan fingerprint density at radius 2 is 0.263 bits per heavy atom. The number of hydrogen-bond donors (Lipinski definition) is 0. The summed E-state index contributed by atoms with van der Waals surface area (Å²) < 4.78 is 103. The second-order valence-corrected chi connectivity index (χ2v) is 6.00. The van der Waals surface area contributed by atoms with E-state index in [1.54, 1.807) is 0 Å². The van der Waals surface area contributed by atoms with Crippen LogP contribution in [0.15, 0.2) is 0 Å². The summed E-state index contributed by atoms with van der Waals surface area (Å²) in [6, 6.07) is 0. The zero-order valence-corrected chi connectivity index (χ0v) is 30.1. The minimum atomic E-state index is -4.20. The van der Waals surface area contributed by atoms with Gasteiger partial charge in [-0.3, -0.25) is 0 Å². The first-order valence-electron chi connectivity index (χ1n) is 2.19. The maximum atomic E-state index is 8.60. The van der Waals surface area contributed by atoms with E-state index in [4.69, 9.17) is 40.6 Å². The molecular weight excluding hydrogens is 1300 g/mol. The predicted octanol–water partition coefficient (Wildman–Crippen LogP) is -16.9. The van der Waals surface area contributed by atoms with Gasteiger partial charge in [0.15, 0.2) is 0 Å². The predicted molar refractivity (Wildman–Crippen MR) is 40.3 cm³/mol. The summed E-state index contributed by atoms with van der Waals surface area (Å²) in [7, 11) is 0. The molecule has 12 nitrogen and oxygen atoms in total. The topological polar surface area (TPSA) is 277 Å².